The fourth-order valence-corrected chi connectivity index (χ4v) is 3.89. The maximum Gasteiger partial charge on any atom is 0.261 e. The smallest absolute Gasteiger partial charge is 0.261 e. The van der Waals surface area contributed by atoms with Gasteiger partial charge in [0.1, 0.15) is 5.82 Å². The summed E-state index contributed by atoms with van der Waals surface area (Å²) in [5.41, 5.74) is 2.33. The number of rotatable bonds is 0. The number of aromatic nitrogens is 4. The van der Waals surface area contributed by atoms with Crippen LogP contribution in [0.3, 0.4) is 0 Å². The van der Waals surface area contributed by atoms with Crippen LogP contribution in [-0.2, 0) is 29.5 Å². The first-order valence-electron chi connectivity index (χ1n) is 9.44. The van der Waals surface area contributed by atoms with Crippen LogP contribution < -0.4 is 5.56 Å². The first kappa shape index (κ1) is 17.2. The summed E-state index contributed by atoms with van der Waals surface area (Å²) in [6, 6.07) is 5.56. The summed E-state index contributed by atoms with van der Waals surface area (Å²) in [5, 5.41) is 4.73. The van der Waals surface area contributed by atoms with E-state index in [0.29, 0.717) is 49.9 Å². The molecule has 0 atom stereocenters. The van der Waals surface area contributed by atoms with Crippen molar-refractivity contribution >= 4 is 10.9 Å². The number of ether oxygens (including phenoxy) is 2. The molecule has 7 heteroatoms. The van der Waals surface area contributed by atoms with Crippen LogP contribution in [0.15, 0.2) is 35.4 Å². The molecule has 0 bridgehead atoms. The fraction of sp³-hybridized carbons (Fsp3) is 0.381. The molecule has 28 heavy (non-hydrogen) atoms. The Morgan fingerprint density at radius 1 is 1.14 bits per heavy atom. The number of hydrogen-bond donors (Lipinski definition) is 0. The Morgan fingerprint density at radius 3 is 2.75 bits per heavy atom. The van der Waals surface area contributed by atoms with Crippen LogP contribution in [0, 0.1) is 11.8 Å². The minimum atomic E-state index is -0.563. The minimum absolute atomic E-state index is 0.0122. The second kappa shape index (κ2) is 6.59. The summed E-state index contributed by atoms with van der Waals surface area (Å²) in [7, 11) is 1.86. The number of fused-ring (bicyclic) bond motifs is 2. The van der Waals surface area contributed by atoms with Gasteiger partial charge in [0.05, 0.1) is 35.9 Å². The van der Waals surface area contributed by atoms with Gasteiger partial charge in [-0.2, -0.15) is 5.10 Å². The highest BCUT2D eigenvalue weighted by Gasteiger charge is 2.38. The Hall–Kier alpha value is -2.95. The van der Waals surface area contributed by atoms with Crippen LogP contribution in [0.1, 0.15) is 29.8 Å². The van der Waals surface area contributed by atoms with E-state index in [1.165, 1.54) is 0 Å². The molecule has 0 amide bonds. The van der Waals surface area contributed by atoms with Gasteiger partial charge < -0.3 is 9.47 Å². The molecule has 2 aliphatic heterocycles. The third kappa shape index (κ3) is 3.01. The monoisotopic (exact) mass is 376 g/mol. The highest BCUT2D eigenvalue weighted by molar-refractivity contribution is 5.79. The molecule has 4 heterocycles. The summed E-state index contributed by atoms with van der Waals surface area (Å²) in [4.78, 5) is 17.8. The standard InChI is InChI=1S/C21H20N4O3/c1-24-14-16(13-22-24)3-2-15-4-5-17-18(12-15)23-19-6-7-21(27-10-11-28-21)8-9-25(19)20(17)26/h4-5,12-14H,6-11H2,1H3. The van der Waals surface area contributed by atoms with Gasteiger partial charge in [0.2, 0.25) is 0 Å². The maximum absolute atomic E-state index is 13.0. The van der Waals surface area contributed by atoms with Gasteiger partial charge >= 0.3 is 0 Å². The third-order valence-corrected chi connectivity index (χ3v) is 5.35. The number of hydrogen-bond acceptors (Lipinski definition) is 5. The van der Waals surface area contributed by atoms with E-state index in [-0.39, 0.29) is 5.56 Å². The number of aryl methyl sites for hydroxylation is 2. The van der Waals surface area contributed by atoms with E-state index in [1.54, 1.807) is 15.4 Å². The lowest BCUT2D eigenvalue weighted by atomic mass is 10.1. The van der Waals surface area contributed by atoms with Crippen LogP contribution >= 0.6 is 0 Å². The molecule has 1 spiro atoms. The second-order valence-corrected chi connectivity index (χ2v) is 7.23. The van der Waals surface area contributed by atoms with E-state index >= 15 is 0 Å². The van der Waals surface area contributed by atoms with Gasteiger partial charge in [-0.05, 0) is 18.2 Å². The zero-order chi connectivity index (χ0) is 19.1. The van der Waals surface area contributed by atoms with Gasteiger partial charge in [-0.1, -0.05) is 11.8 Å². The molecule has 0 aliphatic carbocycles. The largest absolute Gasteiger partial charge is 0.347 e. The lowest BCUT2D eigenvalue weighted by Crippen LogP contribution is -2.31. The highest BCUT2D eigenvalue weighted by atomic mass is 16.7. The van der Waals surface area contributed by atoms with Crippen LogP contribution in [0.5, 0.6) is 0 Å². The van der Waals surface area contributed by atoms with Gasteiger partial charge in [0.15, 0.2) is 5.79 Å². The second-order valence-electron chi connectivity index (χ2n) is 7.23. The average molecular weight is 376 g/mol. The van der Waals surface area contributed by atoms with Crippen molar-refractivity contribution in [3.8, 4) is 11.8 Å². The third-order valence-electron chi connectivity index (χ3n) is 5.35. The fourth-order valence-electron chi connectivity index (χ4n) is 3.89. The number of benzene rings is 1. The molecular weight excluding hydrogens is 356 g/mol. The molecule has 1 saturated heterocycles. The van der Waals surface area contributed by atoms with E-state index in [9.17, 15) is 4.79 Å². The van der Waals surface area contributed by atoms with E-state index in [1.807, 2.05) is 31.4 Å². The molecule has 2 aliphatic rings. The Bertz CT molecular complexity index is 1180. The van der Waals surface area contributed by atoms with Crippen molar-refractivity contribution in [2.75, 3.05) is 13.2 Å². The minimum Gasteiger partial charge on any atom is -0.347 e. The molecule has 1 aromatic carbocycles. The average Bonchev–Trinajstić information content (AvgIpc) is 3.28. The van der Waals surface area contributed by atoms with E-state index < -0.39 is 5.79 Å². The SMILES string of the molecule is Cn1cc(C#Cc2ccc3c(=O)n4c(nc3c2)CCC2(CC4)OCCO2)cn1. The lowest BCUT2D eigenvalue weighted by molar-refractivity contribution is -0.165. The Labute approximate surface area is 161 Å². The molecule has 0 unspecified atom stereocenters. The molecular formula is C21H20N4O3. The van der Waals surface area contributed by atoms with Crippen molar-refractivity contribution in [3.63, 3.8) is 0 Å². The predicted octanol–water partition coefficient (Wildman–Crippen LogP) is 1.61. The van der Waals surface area contributed by atoms with Crippen LogP contribution in [-0.4, -0.2) is 38.3 Å². The Balaban J connectivity index is 1.51. The van der Waals surface area contributed by atoms with Crippen molar-refractivity contribution < 1.29 is 9.47 Å². The first-order valence-corrected chi connectivity index (χ1v) is 9.44. The Kier molecular flexibility index (Phi) is 4.04. The zero-order valence-corrected chi connectivity index (χ0v) is 15.6. The van der Waals surface area contributed by atoms with Crippen LogP contribution in [0.4, 0.5) is 0 Å². The molecule has 0 N–H and O–H groups in total. The van der Waals surface area contributed by atoms with Gasteiger partial charge in [-0.3, -0.25) is 14.0 Å². The molecule has 5 rings (SSSR count). The van der Waals surface area contributed by atoms with Crippen molar-refractivity contribution in [3.05, 3.63) is 57.9 Å². The van der Waals surface area contributed by atoms with Crippen molar-refractivity contribution in [2.24, 2.45) is 7.05 Å². The zero-order valence-electron chi connectivity index (χ0n) is 15.6. The van der Waals surface area contributed by atoms with E-state index in [4.69, 9.17) is 14.5 Å². The topological polar surface area (TPSA) is 71.2 Å². The number of nitrogens with zero attached hydrogens (tertiary/aromatic N) is 4. The van der Waals surface area contributed by atoms with E-state index in [0.717, 1.165) is 17.0 Å². The summed E-state index contributed by atoms with van der Waals surface area (Å²) in [6.07, 6.45) is 5.62. The Morgan fingerprint density at radius 2 is 1.96 bits per heavy atom. The van der Waals surface area contributed by atoms with Crippen LogP contribution in [0.25, 0.3) is 10.9 Å². The normalized spacial score (nSPS) is 17.9. The van der Waals surface area contributed by atoms with Crippen molar-refractivity contribution in [2.45, 2.75) is 31.6 Å². The van der Waals surface area contributed by atoms with Crippen molar-refractivity contribution in [1.29, 1.82) is 0 Å². The van der Waals surface area contributed by atoms with Gasteiger partial charge in [-0.15, -0.1) is 0 Å². The van der Waals surface area contributed by atoms with Gasteiger partial charge in [0, 0.05) is 44.6 Å². The lowest BCUT2D eigenvalue weighted by Gasteiger charge is -2.24. The molecule has 1 fully saturated rings. The molecule has 3 aromatic rings. The predicted molar refractivity (Wildman–Crippen MR) is 103 cm³/mol. The molecule has 7 nitrogen and oxygen atoms in total. The summed E-state index contributed by atoms with van der Waals surface area (Å²) in [6.45, 7) is 1.78. The molecule has 0 radical (unpaired) electrons. The van der Waals surface area contributed by atoms with Gasteiger partial charge in [0.25, 0.3) is 5.56 Å². The van der Waals surface area contributed by atoms with Gasteiger partial charge in [-0.25, -0.2) is 4.98 Å². The van der Waals surface area contributed by atoms with Crippen molar-refractivity contribution in [1.82, 2.24) is 19.3 Å². The highest BCUT2D eigenvalue weighted by Crippen LogP contribution is 2.31. The maximum atomic E-state index is 13.0. The summed E-state index contributed by atoms with van der Waals surface area (Å²) in [5.74, 6) is 6.43. The van der Waals surface area contributed by atoms with Crippen LogP contribution in [0.2, 0.25) is 0 Å². The van der Waals surface area contributed by atoms with E-state index in [2.05, 4.69) is 16.9 Å². The summed E-state index contributed by atoms with van der Waals surface area (Å²) >= 11 is 0. The first-order chi connectivity index (χ1) is 13.6. The molecule has 142 valence electrons. The molecule has 0 saturated carbocycles. The quantitative estimate of drug-likeness (QED) is 0.558. The molecule has 2 aromatic heterocycles. The summed E-state index contributed by atoms with van der Waals surface area (Å²) < 4.78 is 15.2.